The van der Waals surface area contributed by atoms with Crippen molar-refractivity contribution in [1.29, 1.82) is 0 Å². The number of nitrogens with one attached hydrogen (secondary N) is 3. The molecule has 1 aromatic carbocycles. The standard InChI is InChI=1S/C30H35FN8O3/c1-15-5-6-19(12-34-15)42-29-36-23-11-20-21(9-18(31)10-22(20)33-4)25(23)26(38-29)39-13-24(30(14-39)7-8-30)37-28(41)17(3)35-27(40)16(2)32/h5-6,9-10,12,16-17,24,33H,7-8,11,13-14,32H2,1-4H3,(H,35,40)(H,37,41)/t16?,17-,24+/m0/s1. The largest absolute Gasteiger partial charge is 0.423 e. The molecule has 3 aromatic rings. The zero-order valence-electron chi connectivity index (χ0n) is 24.1. The second-order valence-corrected chi connectivity index (χ2v) is 11.6. The number of ether oxygens (including phenoxy) is 1. The molecule has 1 saturated carbocycles. The fourth-order valence-electron chi connectivity index (χ4n) is 5.91. The van der Waals surface area contributed by atoms with Gasteiger partial charge in [-0.3, -0.25) is 14.6 Å². The van der Waals surface area contributed by atoms with Gasteiger partial charge in [0, 0.05) is 48.9 Å². The van der Waals surface area contributed by atoms with Gasteiger partial charge in [0.1, 0.15) is 23.4 Å². The molecule has 42 heavy (non-hydrogen) atoms. The van der Waals surface area contributed by atoms with E-state index < -0.39 is 12.1 Å². The zero-order chi connectivity index (χ0) is 29.8. The third kappa shape index (κ3) is 5.11. The molecule has 11 nitrogen and oxygen atoms in total. The van der Waals surface area contributed by atoms with Crippen LogP contribution in [0.4, 0.5) is 15.9 Å². The van der Waals surface area contributed by atoms with Crippen LogP contribution in [-0.4, -0.2) is 65.0 Å². The molecule has 2 fully saturated rings. The van der Waals surface area contributed by atoms with Crippen LogP contribution < -0.4 is 31.3 Å². The van der Waals surface area contributed by atoms with Crippen LogP contribution in [0.15, 0.2) is 30.5 Å². The Morgan fingerprint density at radius 3 is 2.64 bits per heavy atom. The lowest BCUT2D eigenvalue weighted by Gasteiger charge is -2.23. The summed E-state index contributed by atoms with van der Waals surface area (Å²) in [5.41, 5.74) is 10.3. The van der Waals surface area contributed by atoms with Crippen molar-refractivity contribution in [3.63, 3.8) is 0 Å². The minimum atomic E-state index is -0.727. The summed E-state index contributed by atoms with van der Waals surface area (Å²) in [6.07, 6.45) is 4.03. The highest BCUT2D eigenvalue weighted by Gasteiger charge is 2.56. The quantitative estimate of drug-likeness (QED) is 0.249. The van der Waals surface area contributed by atoms with Crippen molar-refractivity contribution in [3.8, 4) is 22.9 Å². The molecule has 1 saturated heterocycles. The van der Waals surface area contributed by atoms with Gasteiger partial charge in [-0.15, -0.1) is 0 Å². The molecule has 5 N–H and O–H groups in total. The Kier molecular flexibility index (Phi) is 6.96. The van der Waals surface area contributed by atoms with Crippen LogP contribution in [0.3, 0.4) is 0 Å². The van der Waals surface area contributed by atoms with Gasteiger partial charge in [-0.1, -0.05) is 0 Å². The third-order valence-corrected chi connectivity index (χ3v) is 8.46. The molecule has 0 radical (unpaired) electrons. The van der Waals surface area contributed by atoms with Crippen molar-refractivity contribution in [3.05, 3.63) is 53.2 Å². The molecule has 2 amide bonds. The number of anilines is 2. The predicted octanol–water partition coefficient (Wildman–Crippen LogP) is 2.66. The Bertz CT molecular complexity index is 1560. The highest BCUT2D eigenvalue weighted by molar-refractivity contribution is 5.90. The van der Waals surface area contributed by atoms with Crippen LogP contribution in [0.1, 0.15) is 43.6 Å². The predicted molar refractivity (Wildman–Crippen MR) is 156 cm³/mol. The normalized spacial score (nSPS) is 19.1. The van der Waals surface area contributed by atoms with E-state index in [4.69, 9.17) is 20.4 Å². The number of nitrogens with two attached hydrogens (primary N) is 1. The monoisotopic (exact) mass is 574 g/mol. The number of hydrogen-bond donors (Lipinski definition) is 4. The Hall–Kier alpha value is -4.32. The average molecular weight is 575 g/mol. The average Bonchev–Trinajstić information content (AvgIpc) is 3.52. The maximum absolute atomic E-state index is 14.8. The molecule has 0 bridgehead atoms. The maximum atomic E-state index is 14.8. The lowest BCUT2D eigenvalue weighted by molar-refractivity contribution is -0.129. The first-order chi connectivity index (χ1) is 20.1. The van der Waals surface area contributed by atoms with Crippen molar-refractivity contribution in [1.82, 2.24) is 25.6 Å². The van der Waals surface area contributed by atoms with Crippen molar-refractivity contribution < 1.29 is 18.7 Å². The molecular weight excluding hydrogens is 539 g/mol. The van der Waals surface area contributed by atoms with E-state index in [1.54, 1.807) is 27.1 Å². The smallest absolute Gasteiger partial charge is 0.324 e. The van der Waals surface area contributed by atoms with Crippen LogP contribution in [0.25, 0.3) is 11.1 Å². The van der Waals surface area contributed by atoms with E-state index in [9.17, 15) is 14.0 Å². The molecule has 1 spiro atoms. The molecule has 12 heteroatoms. The minimum Gasteiger partial charge on any atom is -0.423 e. The summed E-state index contributed by atoms with van der Waals surface area (Å²) < 4.78 is 20.8. The lowest BCUT2D eigenvalue weighted by Crippen LogP contribution is -2.53. The van der Waals surface area contributed by atoms with Crippen molar-refractivity contribution in [2.75, 3.05) is 30.4 Å². The second kappa shape index (κ2) is 10.5. The van der Waals surface area contributed by atoms with Crippen molar-refractivity contribution in [2.45, 2.75) is 58.2 Å². The molecule has 3 heterocycles. The summed E-state index contributed by atoms with van der Waals surface area (Å²) in [4.78, 5) is 41.2. The van der Waals surface area contributed by atoms with Crippen LogP contribution in [0.5, 0.6) is 11.8 Å². The van der Waals surface area contributed by atoms with E-state index in [1.165, 1.54) is 12.1 Å². The SMILES string of the molecule is CNc1cc(F)cc2c1Cc1nc(Oc3ccc(C)nc3)nc(N3C[C@@H](NC(=O)[C@H](C)NC(=O)C(C)N)C4(CC4)C3)c1-2. The van der Waals surface area contributed by atoms with E-state index in [2.05, 4.69) is 25.8 Å². The third-order valence-electron chi connectivity index (χ3n) is 8.46. The molecule has 3 atom stereocenters. The van der Waals surface area contributed by atoms with Crippen molar-refractivity contribution >= 4 is 23.3 Å². The fraction of sp³-hybridized carbons (Fsp3) is 0.433. The highest BCUT2D eigenvalue weighted by atomic mass is 19.1. The highest BCUT2D eigenvalue weighted by Crippen LogP contribution is 2.55. The summed E-state index contributed by atoms with van der Waals surface area (Å²) in [6.45, 7) is 6.28. The summed E-state index contributed by atoms with van der Waals surface area (Å²) in [7, 11) is 1.77. The van der Waals surface area contributed by atoms with Gasteiger partial charge in [-0.05, 0) is 69.0 Å². The Labute approximate surface area is 243 Å². The number of benzene rings is 1. The number of carbonyl (C=O) groups is 2. The summed E-state index contributed by atoms with van der Waals surface area (Å²) >= 11 is 0. The van der Waals surface area contributed by atoms with Gasteiger partial charge in [0.2, 0.25) is 11.8 Å². The molecule has 1 aliphatic heterocycles. The Morgan fingerprint density at radius 1 is 1.19 bits per heavy atom. The van der Waals surface area contributed by atoms with E-state index >= 15 is 0 Å². The number of fused-ring (bicyclic) bond motifs is 3. The zero-order valence-corrected chi connectivity index (χ0v) is 24.1. The first-order valence-corrected chi connectivity index (χ1v) is 14.2. The van der Waals surface area contributed by atoms with Crippen LogP contribution in [-0.2, 0) is 16.0 Å². The van der Waals surface area contributed by atoms with Gasteiger partial charge < -0.3 is 31.3 Å². The number of rotatable bonds is 8. The van der Waals surface area contributed by atoms with E-state index in [0.717, 1.165) is 40.9 Å². The number of aromatic nitrogens is 3. The fourth-order valence-corrected chi connectivity index (χ4v) is 5.91. The number of amides is 2. The van der Waals surface area contributed by atoms with Crippen molar-refractivity contribution in [2.24, 2.45) is 11.1 Å². The molecule has 2 aliphatic carbocycles. The molecule has 1 unspecified atom stereocenters. The first-order valence-electron chi connectivity index (χ1n) is 14.2. The van der Waals surface area contributed by atoms with Gasteiger partial charge in [0.05, 0.1) is 24.0 Å². The number of halogens is 1. The Balaban J connectivity index is 1.34. The summed E-state index contributed by atoms with van der Waals surface area (Å²) in [6, 6.07) is 5.27. The van der Waals surface area contributed by atoms with E-state index in [0.29, 0.717) is 36.8 Å². The second-order valence-electron chi connectivity index (χ2n) is 11.6. The number of hydrogen-bond acceptors (Lipinski definition) is 9. The number of carbonyl (C=O) groups excluding carboxylic acids is 2. The van der Waals surface area contributed by atoms with E-state index in [1.807, 2.05) is 19.1 Å². The lowest BCUT2D eigenvalue weighted by atomic mass is 10.0. The number of aryl methyl sites for hydroxylation is 1. The maximum Gasteiger partial charge on any atom is 0.324 e. The number of pyridine rings is 1. The Morgan fingerprint density at radius 2 is 1.98 bits per heavy atom. The van der Waals surface area contributed by atoms with Crippen LogP contribution in [0, 0.1) is 18.2 Å². The van der Waals surface area contributed by atoms with Gasteiger partial charge in [-0.2, -0.15) is 9.97 Å². The summed E-state index contributed by atoms with van der Waals surface area (Å²) in [5.74, 6) is 0.152. The van der Waals surface area contributed by atoms with Gasteiger partial charge in [0.25, 0.3) is 0 Å². The molecule has 3 aliphatic rings. The van der Waals surface area contributed by atoms with Gasteiger partial charge in [0.15, 0.2) is 0 Å². The first kappa shape index (κ1) is 27.8. The minimum absolute atomic E-state index is 0.111. The molecule has 2 aromatic heterocycles. The van der Waals surface area contributed by atoms with Gasteiger partial charge >= 0.3 is 6.01 Å². The van der Waals surface area contributed by atoms with Gasteiger partial charge in [-0.25, -0.2) is 4.39 Å². The number of nitrogens with zero attached hydrogens (tertiary/aromatic N) is 4. The topological polar surface area (TPSA) is 147 Å². The molecule has 220 valence electrons. The molecular formula is C30H35FN8O3. The van der Waals surface area contributed by atoms with E-state index in [-0.39, 0.29) is 35.1 Å². The molecule has 6 rings (SSSR count). The summed E-state index contributed by atoms with van der Waals surface area (Å²) in [5, 5.41) is 8.93. The van der Waals surface area contributed by atoms with Crippen LogP contribution in [0.2, 0.25) is 0 Å². The van der Waals surface area contributed by atoms with Crippen LogP contribution >= 0.6 is 0 Å².